The highest BCUT2D eigenvalue weighted by molar-refractivity contribution is 5.18. The lowest BCUT2D eigenvalue weighted by molar-refractivity contribution is 0.212. The standard InChI is InChI=1S/C15H24N2O/c1-12(2)8-13-5-6-15(17-10-13)18-11-14-4-3-7-16-9-14/h5-6,10,12,14,16H,3-4,7-9,11H2,1-2H3. The van der Waals surface area contributed by atoms with Crippen LogP contribution in [0.3, 0.4) is 0 Å². The summed E-state index contributed by atoms with van der Waals surface area (Å²) < 4.78 is 5.75. The van der Waals surface area contributed by atoms with Crippen LogP contribution in [0, 0.1) is 11.8 Å². The fraction of sp³-hybridized carbons (Fsp3) is 0.667. The van der Waals surface area contributed by atoms with Crippen LogP contribution in [-0.4, -0.2) is 24.7 Å². The van der Waals surface area contributed by atoms with Gasteiger partial charge in [0.1, 0.15) is 0 Å². The molecule has 1 atom stereocenters. The van der Waals surface area contributed by atoms with Gasteiger partial charge in [0.15, 0.2) is 0 Å². The largest absolute Gasteiger partial charge is 0.477 e. The zero-order valence-corrected chi connectivity index (χ0v) is 11.5. The molecule has 0 aromatic carbocycles. The molecule has 100 valence electrons. The summed E-state index contributed by atoms with van der Waals surface area (Å²) >= 11 is 0. The Morgan fingerprint density at radius 2 is 2.33 bits per heavy atom. The minimum atomic E-state index is 0.635. The Bertz CT molecular complexity index is 342. The normalized spacial score (nSPS) is 20.1. The van der Waals surface area contributed by atoms with E-state index in [9.17, 15) is 0 Å². The topological polar surface area (TPSA) is 34.1 Å². The minimum Gasteiger partial charge on any atom is -0.477 e. The summed E-state index contributed by atoms with van der Waals surface area (Å²) in [6, 6.07) is 4.12. The van der Waals surface area contributed by atoms with E-state index < -0.39 is 0 Å². The number of ether oxygens (including phenoxy) is 1. The number of nitrogens with zero attached hydrogens (tertiary/aromatic N) is 1. The summed E-state index contributed by atoms with van der Waals surface area (Å²) in [6.45, 7) is 7.45. The van der Waals surface area contributed by atoms with Crippen LogP contribution >= 0.6 is 0 Å². The molecular weight excluding hydrogens is 224 g/mol. The molecule has 0 radical (unpaired) electrons. The van der Waals surface area contributed by atoms with E-state index in [1.807, 2.05) is 12.3 Å². The van der Waals surface area contributed by atoms with Gasteiger partial charge in [0.05, 0.1) is 6.61 Å². The van der Waals surface area contributed by atoms with E-state index in [2.05, 4.69) is 30.2 Å². The second-order valence-corrected chi connectivity index (χ2v) is 5.63. The smallest absolute Gasteiger partial charge is 0.213 e. The van der Waals surface area contributed by atoms with E-state index in [0.29, 0.717) is 11.8 Å². The van der Waals surface area contributed by atoms with Crippen molar-refractivity contribution in [2.24, 2.45) is 11.8 Å². The molecule has 2 heterocycles. The first-order valence-electron chi connectivity index (χ1n) is 7.02. The van der Waals surface area contributed by atoms with E-state index in [-0.39, 0.29) is 0 Å². The van der Waals surface area contributed by atoms with Crippen molar-refractivity contribution in [1.82, 2.24) is 10.3 Å². The number of hydrogen-bond donors (Lipinski definition) is 1. The fourth-order valence-electron chi connectivity index (χ4n) is 2.36. The fourth-order valence-corrected chi connectivity index (χ4v) is 2.36. The molecule has 1 saturated heterocycles. The lowest BCUT2D eigenvalue weighted by Gasteiger charge is -2.22. The van der Waals surface area contributed by atoms with Crippen molar-refractivity contribution < 1.29 is 4.74 Å². The monoisotopic (exact) mass is 248 g/mol. The maximum absolute atomic E-state index is 5.75. The summed E-state index contributed by atoms with van der Waals surface area (Å²) in [7, 11) is 0. The Balaban J connectivity index is 1.78. The highest BCUT2D eigenvalue weighted by Crippen LogP contribution is 2.14. The molecule has 0 saturated carbocycles. The van der Waals surface area contributed by atoms with Gasteiger partial charge < -0.3 is 10.1 Å². The van der Waals surface area contributed by atoms with Crippen LogP contribution in [-0.2, 0) is 6.42 Å². The Labute approximate surface area is 110 Å². The molecule has 1 unspecified atom stereocenters. The van der Waals surface area contributed by atoms with E-state index in [1.165, 1.54) is 18.4 Å². The van der Waals surface area contributed by atoms with E-state index in [0.717, 1.165) is 32.0 Å². The van der Waals surface area contributed by atoms with Crippen molar-refractivity contribution in [1.29, 1.82) is 0 Å². The van der Waals surface area contributed by atoms with Crippen molar-refractivity contribution in [3.05, 3.63) is 23.9 Å². The van der Waals surface area contributed by atoms with Crippen LogP contribution in [0.4, 0.5) is 0 Å². The molecule has 1 aromatic rings. The molecular formula is C15H24N2O. The Hall–Kier alpha value is -1.09. The first kappa shape index (κ1) is 13.3. The van der Waals surface area contributed by atoms with Crippen molar-refractivity contribution in [3.8, 4) is 5.88 Å². The first-order chi connectivity index (χ1) is 8.74. The van der Waals surface area contributed by atoms with Crippen molar-refractivity contribution in [3.63, 3.8) is 0 Å². The average Bonchev–Trinajstić information content (AvgIpc) is 2.38. The lowest BCUT2D eigenvalue weighted by Crippen LogP contribution is -2.33. The third-order valence-electron chi connectivity index (χ3n) is 3.31. The molecule has 1 aliphatic heterocycles. The molecule has 3 nitrogen and oxygen atoms in total. The molecule has 1 aliphatic rings. The van der Waals surface area contributed by atoms with Gasteiger partial charge in [0.25, 0.3) is 0 Å². The van der Waals surface area contributed by atoms with E-state index >= 15 is 0 Å². The van der Waals surface area contributed by atoms with Gasteiger partial charge in [-0.1, -0.05) is 19.9 Å². The summed E-state index contributed by atoms with van der Waals surface area (Å²) in [5.41, 5.74) is 1.29. The summed E-state index contributed by atoms with van der Waals surface area (Å²) in [5.74, 6) is 2.07. The summed E-state index contributed by atoms with van der Waals surface area (Å²) in [5, 5.41) is 3.40. The predicted molar refractivity (Wildman–Crippen MR) is 73.9 cm³/mol. The van der Waals surface area contributed by atoms with Crippen LogP contribution in [0.25, 0.3) is 0 Å². The predicted octanol–water partition coefficient (Wildman–Crippen LogP) is 2.66. The Morgan fingerprint density at radius 3 is 2.94 bits per heavy atom. The number of nitrogens with one attached hydrogen (secondary N) is 1. The molecule has 0 aliphatic carbocycles. The molecule has 1 N–H and O–H groups in total. The Kier molecular flexibility index (Phi) is 5.00. The van der Waals surface area contributed by atoms with Crippen molar-refractivity contribution in [2.75, 3.05) is 19.7 Å². The zero-order chi connectivity index (χ0) is 12.8. The number of pyridine rings is 1. The van der Waals surface area contributed by atoms with Gasteiger partial charge in [0.2, 0.25) is 5.88 Å². The Morgan fingerprint density at radius 1 is 1.44 bits per heavy atom. The molecule has 2 rings (SSSR count). The van der Waals surface area contributed by atoms with Crippen LogP contribution < -0.4 is 10.1 Å². The highest BCUT2D eigenvalue weighted by Gasteiger charge is 2.13. The van der Waals surface area contributed by atoms with Crippen LogP contribution in [0.15, 0.2) is 18.3 Å². The molecule has 1 fully saturated rings. The van der Waals surface area contributed by atoms with Crippen molar-refractivity contribution >= 4 is 0 Å². The highest BCUT2D eigenvalue weighted by atomic mass is 16.5. The van der Waals surface area contributed by atoms with Gasteiger partial charge in [-0.25, -0.2) is 4.98 Å². The second kappa shape index (κ2) is 6.74. The van der Waals surface area contributed by atoms with Crippen LogP contribution in [0.1, 0.15) is 32.3 Å². The van der Waals surface area contributed by atoms with Crippen molar-refractivity contribution in [2.45, 2.75) is 33.1 Å². The summed E-state index contributed by atoms with van der Waals surface area (Å²) in [4.78, 5) is 4.37. The van der Waals surface area contributed by atoms with Gasteiger partial charge in [-0.15, -0.1) is 0 Å². The minimum absolute atomic E-state index is 0.635. The molecule has 18 heavy (non-hydrogen) atoms. The number of hydrogen-bond acceptors (Lipinski definition) is 3. The third-order valence-corrected chi connectivity index (χ3v) is 3.31. The zero-order valence-electron chi connectivity index (χ0n) is 11.5. The van der Waals surface area contributed by atoms with Crippen LogP contribution in [0.5, 0.6) is 5.88 Å². The molecule has 3 heteroatoms. The maximum Gasteiger partial charge on any atom is 0.213 e. The molecule has 1 aromatic heterocycles. The van der Waals surface area contributed by atoms with E-state index in [4.69, 9.17) is 4.74 Å². The molecule has 0 spiro atoms. The average molecular weight is 248 g/mol. The summed E-state index contributed by atoms with van der Waals surface area (Å²) in [6.07, 6.45) is 5.54. The van der Waals surface area contributed by atoms with Gasteiger partial charge in [-0.2, -0.15) is 0 Å². The van der Waals surface area contributed by atoms with Gasteiger partial charge >= 0.3 is 0 Å². The lowest BCUT2D eigenvalue weighted by atomic mass is 10.0. The SMILES string of the molecule is CC(C)Cc1ccc(OCC2CCCNC2)nc1. The van der Waals surface area contributed by atoms with E-state index in [1.54, 1.807) is 0 Å². The van der Waals surface area contributed by atoms with Gasteiger partial charge in [-0.3, -0.25) is 0 Å². The molecule has 0 bridgehead atoms. The number of aromatic nitrogens is 1. The second-order valence-electron chi connectivity index (χ2n) is 5.63. The van der Waals surface area contributed by atoms with Gasteiger partial charge in [0, 0.05) is 24.7 Å². The van der Waals surface area contributed by atoms with Gasteiger partial charge in [-0.05, 0) is 37.3 Å². The van der Waals surface area contributed by atoms with Crippen LogP contribution in [0.2, 0.25) is 0 Å². The number of piperidine rings is 1. The maximum atomic E-state index is 5.75. The molecule has 0 amide bonds. The quantitative estimate of drug-likeness (QED) is 0.870. The third kappa shape index (κ3) is 4.30. The number of rotatable bonds is 5. The first-order valence-corrected chi connectivity index (χ1v) is 7.02.